The van der Waals surface area contributed by atoms with Gasteiger partial charge in [0.15, 0.2) is 0 Å². The normalized spacial score (nSPS) is 10.1. The van der Waals surface area contributed by atoms with Crippen molar-refractivity contribution in [2.24, 2.45) is 0 Å². The van der Waals surface area contributed by atoms with E-state index >= 15 is 0 Å². The van der Waals surface area contributed by atoms with E-state index in [-0.39, 0.29) is 5.91 Å². The van der Waals surface area contributed by atoms with Gasteiger partial charge in [-0.15, -0.1) is 0 Å². The molecule has 0 aliphatic heterocycles. The summed E-state index contributed by atoms with van der Waals surface area (Å²) < 4.78 is 0. The zero-order valence-corrected chi connectivity index (χ0v) is 11.7. The Labute approximate surface area is 108 Å². The van der Waals surface area contributed by atoms with Crippen LogP contribution in [-0.2, 0) is 4.79 Å². The summed E-state index contributed by atoms with van der Waals surface area (Å²) in [5.41, 5.74) is 0.875. The van der Waals surface area contributed by atoms with Crippen LogP contribution in [0.15, 0.2) is 6.07 Å². The summed E-state index contributed by atoms with van der Waals surface area (Å²) in [6, 6.07) is 1.86. The fourth-order valence-electron chi connectivity index (χ4n) is 1.41. The maximum absolute atomic E-state index is 11.6. The van der Waals surface area contributed by atoms with E-state index in [2.05, 4.69) is 15.3 Å². The third kappa shape index (κ3) is 3.87. The predicted octanol–water partition coefficient (Wildman–Crippen LogP) is 0.741. The molecule has 18 heavy (non-hydrogen) atoms. The Morgan fingerprint density at radius 2 is 2.00 bits per heavy atom. The molecule has 1 aromatic heterocycles. The third-order valence-electron chi connectivity index (χ3n) is 2.44. The zero-order chi connectivity index (χ0) is 13.7. The highest BCUT2D eigenvalue weighted by Gasteiger charge is 2.11. The van der Waals surface area contributed by atoms with Gasteiger partial charge in [0.05, 0.1) is 6.54 Å². The molecule has 0 unspecified atom stereocenters. The average molecular weight is 251 g/mol. The monoisotopic (exact) mass is 251 g/mol. The number of likely N-dealkylation sites (N-methyl/N-ethyl adjacent to an activating group) is 2. The molecule has 0 fully saturated rings. The molecule has 0 saturated heterocycles. The van der Waals surface area contributed by atoms with Crippen LogP contribution in [-0.4, -0.2) is 55.0 Å². The van der Waals surface area contributed by atoms with Crippen LogP contribution in [0, 0.1) is 6.92 Å². The molecular formula is C12H21N5O. The van der Waals surface area contributed by atoms with Crippen molar-refractivity contribution in [3.05, 3.63) is 11.8 Å². The third-order valence-corrected chi connectivity index (χ3v) is 2.44. The van der Waals surface area contributed by atoms with Gasteiger partial charge in [-0.25, -0.2) is 4.98 Å². The van der Waals surface area contributed by atoms with E-state index in [4.69, 9.17) is 0 Å². The molecule has 0 aliphatic carbocycles. The second-order valence-electron chi connectivity index (χ2n) is 4.37. The SMILES string of the molecule is CCNc1nc(C)cc(N(C)CC(=O)N(C)C)n1. The first-order valence-electron chi connectivity index (χ1n) is 5.95. The Morgan fingerprint density at radius 1 is 1.33 bits per heavy atom. The smallest absolute Gasteiger partial charge is 0.241 e. The number of rotatable bonds is 5. The van der Waals surface area contributed by atoms with E-state index in [1.807, 2.05) is 31.9 Å². The molecule has 1 heterocycles. The fourth-order valence-corrected chi connectivity index (χ4v) is 1.41. The molecular weight excluding hydrogens is 230 g/mol. The van der Waals surface area contributed by atoms with Crippen LogP contribution >= 0.6 is 0 Å². The Hall–Kier alpha value is -1.85. The molecule has 1 aromatic rings. The highest BCUT2D eigenvalue weighted by atomic mass is 16.2. The minimum absolute atomic E-state index is 0.0405. The molecule has 0 spiro atoms. The van der Waals surface area contributed by atoms with Crippen LogP contribution in [0.3, 0.4) is 0 Å². The Morgan fingerprint density at radius 3 is 2.56 bits per heavy atom. The lowest BCUT2D eigenvalue weighted by Crippen LogP contribution is -2.34. The van der Waals surface area contributed by atoms with Gasteiger partial charge in [0.1, 0.15) is 5.82 Å². The standard InChI is InChI=1S/C12H21N5O/c1-6-13-12-14-9(2)7-10(15-12)17(5)8-11(18)16(3)4/h7H,6,8H2,1-5H3,(H,13,14,15). The number of anilines is 2. The van der Waals surface area contributed by atoms with Gasteiger partial charge in [0.2, 0.25) is 11.9 Å². The fraction of sp³-hybridized carbons (Fsp3) is 0.583. The number of nitrogens with one attached hydrogen (secondary N) is 1. The van der Waals surface area contributed by atoms with Crippen LogP contribution < -0.4 is 10.2 Å². The van der Waals surface area contributed by atoms with Crippen molar-refractivity contribution >= 4 is 17.7 Å². The highest BCUT2D eigenvalue weighted by molar-refractivity contribution is 5.80. The quantitative estimate of drug-likeness (QED) is 0.836. The van der Waals surface area contributed by atoms with E-state index in [1.165, 1.54) is 0 Å². The Bertz CT molecular complexity index is 419. The zero-order valence-electron chi connectivity index (χ0n) is 11.7. The number of carbonyl (C=O) groups is 1. The topological polar surface area (TPSA) is 61.4 Å². The van der Waals surface area contributed by atoms with Gasteiger partial charge in [0, 0.05) is 39.4 Å². The van der Waals surface area contributed by atoms with E-state index in [9.17, 15) is 4.79 Å². The first kappa shape index (κ1) is 14.2. The summed E-state index contributed by atoms with van der Waals surface area (Å²) in [5, 5.41) is 3.08. The molecule has 6 heteroatoms. The predicted molar refractivity (Wildman–Crippen MR) is 72.9 cm³/mol. The first-order valence-corrected chi connectivity index (χ1v) is 5.95. The van der Waals surface area contributed by atoms with Crippen molar-refractivity contribution in [3.63, 3.8) is 0 Å². The van der Waals surface area contributed by atoms with Gasteiger partial charge in [-0.1, -0.05) is 0 Å². The lowest BCUT2D eigenvalue weighted by Gasteiger charge is -2.20. The number of hydrogen-bond acceptors (Lipinski definition) is 5. The van der Waals surface area contributed by atoms with Crippen LogP contribution in [0.25, 0.3) is 0 Å². The summed E-state index contributed by atoms with van der Waals surface area (Å²) in [6.45, 7) is 4.97. The summed E-state index contributed by atoms with van der Waals surface area (Å²) in [5.74, 6) is 1.38. The minimum atomic E-state index is 0.0405. The van der Waals surface area contributed by atoms with E-state index in [0.29, 0.717) is 12.5 Å². The number of carbonyl (C=O) groups excluding carboxylic acids is 1. The summed E-state index contributed by atoms with van der Waals surface area (Å²) in [7, 11) is 5.33. The molecule has 0 bridgehead atoms. The number of aromatic nitrogens is 2. The van der Waals surface area contributed by atoms with Gasteiger partial charge >= 0.3 is 0 Å². The molecule has 0 atom stereocenters. The molecule has 1 N–H and O–H groups in total. The average Bonchev–Trinajstić information content (AvgIpc) is 2.28. The molecule has 0 aliphatic rings. The van der Waals surface area contributed by atoms with Crippen molar-refractivity contribution in [2.45, 2.75) is 13.8 Å². The maximum atomic E-state index is 11.6. The number of amides is 1. The second kappa shape index (κ2) is 6.18. The van der Waals surface area contributed by atoms with E-state index in [1.54, 1.807) is 19.0 Å². The molecule has 1 amide bonds. The Kier molecular flexibility index (Phi) is 4.88. The molecule has 0 saturated carbocycles. The molecule has 0 radical (unpaired) electrons. The maximum Gasteiger partial charge on any atom is 0.241 e. The lowest BCUT2D eigenvalue weighted by atomic mass is 10.4. The second-order valence-corrected chi connectivity index (χ2v) is 4.37. The van der Waals surface area contributed by atoms with Crippen LogP contribution in [0.2, 0.25) is 0 Å². The number of aryl methyl sites for hydroxylation is 1. The van der Waals surface area contributed by atoms with Crippen molar-refractivity contribution in [1.82, 2.24) is 14.9 Å². The van der Waals surface area contributed by atoms with Gasteiger partial charge in [0.25, 0.3) is 0 Å². The molecule has 100 valence electrons. The summed E-state index contributed by atoms with van der Waals surface area (Å²) in [6.07, 6.45) is 0. The highest BCUT2D eigenvalue weighted by Crippen LogP contribution is 2.13. The number of hydrogen-bond donors (Lipinski definition) is 1. The van der Waals surface area contributed by atoms with Gasteiger partial charge in [-0.3, -0.25) is 4.79 Å². The molecule has 0 aromatic carbocycles. The van der Waals surface area contributed by atoms with Crippen molar-refractivity contribution in [1.29, 1.82) is 0 Å². The summed E-state index contributed by atoms with van der Waals surface area (Å²) >= 11 is 0. The Balaban J connectivity index is 2.84. The van der Waals surface area contributed by atoms with Crippen molar-refractivity contribution in [2.75, 3.05) is 44.4 Å². The van der Waals surface area contributed by atoms with Crippen molar-refractivity contribution < 1.29 is 4.79 Å². The van der Waals surface area contributed by atoms with Gasteiger partial charge < -0.3 is 15.1 Å². The van der Waals surface area contributed by atoms with Crippen LogP contribution in [0.4, 0.5) is 11.8 Å². The van der Waals surface area contributed by atoms with Gasteiger partial charge in [-0.05, 0) is 13.8 Å². The van der Waals surface area contributed by atoms with Gasteiger partial charge in [-0.2, -0.15) is 4.98 Å². The lowest BCUT2D eigenvalue weighted by molar-refractivity contribution is -0.127. The first-order chi connectivity index (χ1) is 8.43. The molecule has 6 nitrogen and oxygen atoms in total. The largest absolute Gasteiger partial charge is 0.354 e. The van der Waals surface area contributed by atoms with Crippen molar-refractivity contribution in [3.8, 4) is 0 Å². The van der Waals surface area contributed by atoms with Crippen LogP contribution in [0.5, 0.6) is 0 Å². The van der Waals surface area contributed by atoms with Crippen LogP contribution in [0.1, 0.15) is 12.6 Å². The molecule has 1 rings (SSSR count). The summed E-state index contributed by atoms with van der Waals surface area (Å²) in [4.78, 5) is 23.7. The van der Waals surface area contributed by atoms with E-state index in [0.717, 1.165) is 18.1 Å². The minimum Gasteiger partial charge on any atom is -0.354 e. The van der Waals surface area contributed by atoms with E-state index < -0.39 is 0 Å². The number of nitrogens with zero attached hydrogens (tertiary/aromatic N) is 4.